The van der Waals surface area contributed by atoms with Crippen LogP contribution in [0.1, 0.15) is 13.8 Å². The van der Waals surface area contributed by atoms with Crippen LogP contribution in [0.5, 0.6) is 5.75 Å². The van der Waals surface area contributed by atoms with Crippen LogP contribution < -0.4 is 15.4 Å². The Morgan fingerprint density at radius 3 is 2.19 bits per heavy atom. The molecule has 0 bridgehead atoms. The van der Waals surface area contributed by atoms with Crippen LogP contribution in [-0.2, 0) is 9.59 Å². The lowest BCUT2D eigenvalue weighted by molar-refractivity contribution is -0.384. The summed E-state index contributed by atoms with van der Waals surface area (Å²) in [6.45, 7) is 2.93. The molecule has 2 amide bonds. The number of hydrogen-bond donors (Lipinski definition) is 2. The highest BCUT2D eigenvalue weighted by molar-refractivity contribution is 6.32. The average molecular weight is 378 g/mol. The van der Waals surface area contributed by atoms with Crippen LogP contribution >= 0.6 is 11.6 Å². The number of anilines is 2. The van der Waals surface area contributed by atoms with Gasteiger partial charge < -0.3 is 15.4 Å². The minimum Gasteiger partial charge on any atom is -0.479 e. The maximum absolute atomic E-state index is 12.2. The van der Waals surface area contributed by atoms with E-state index in [1.807, 2.05) is 0 Å². The first kappa shape index (κ1) is 19.2. The monoisotopic (exact) mass is 377 g/mol. The third-order valence-electron chi connectivity index (χ3n) is 3.27. The van der Waals surface area contributed by atoms with Gasteiger partial charge in [-0.3, -0.25) is 19.7 Å². The Labute approximate surface area is 154 Å². The van der Waals surface area contributed by atoms with Crippen molar-refractivity contribution < 1.29 is 19.2 Å². The Morgan fingerprint density at radius 2 is 1.69 bits per heavy atom. The van der Waals surface area contributed by atoms with Gasteiger partial charge in [0.1, 0.15) is 5.75 Å². The minimum absolute atomic E-state index is 0.0403. The molecule has 1 atom stereocenters. The number of benzene rings is 2. The Bertz CT molecular complexity index is 839. The standard InChI is InChI=1S/C17H16ClN3O5/c1-10(26-16-8-7-14(21(24)25)9-15(16)18)17(23)20-13-5-3-12(4-6-13)19-11(2)22/h3-10H,1-2H3,(H,19,22)(H,20,23)/t10-/m0/s1. The fraction of sp³-hybridized carbons (Fsp3) is 0.176. The van der Waals surface area contributed by atoms with Crippen LogP contribution in [0.3, 0.4) is 0 Å². The largest absolute Gasteiger partial charge is 0.479 e. The molecule has 26 heavy (non-hydrogen) atoms. The van der Waals surface area contributed by atoms with Gasteiger partial charge in [-0.1, -0.05) is 11.6 Å². The first-order valence-corrected chi connectivity index (χ1v) is 7.93. The molecule has 0 aliphatic carbocycles. The van der Waals surface area contributed by atoms with E-state index in [1.165, 1.54) is 26.0 Å². The molecular weight excluding hydrogens is 362 g/mol. The molecule has 0 saturated carbocycles. The number of nitrogens with one attached hydrogen (secondary N) is 2. The zero-order chi connectivity index (χ0) is 19.3. The molecule has 0 aliphatic rings. The molecule has 0 aliphatic heterocycles. The van der Waals surface area contributed by atoms with Gasteiger partial charge in [0.15, 0.2) is 6.10 Å². The number of amides is 2. The fourth-order valence-corrected chi connectivity index (χ4v) is 2.25. The summed E-state index contributed by atoms with van der Waals surface area (Å²) in [5.74, 6) is -0.448. The quantitative estimate of drug-likeness (QED) is 0.590. The Hall–Kier alpha value is -3.13. The molecule has 0 heterocycles. The summed E-state index contributed by atoms with van der Waals surface area (Å²) in [5, 5.41) is 16.0. The zero-order valence-corrected chi connectivity index (χ0v) is 14.7. The summed E-state index contributed by atoms with van der Waals surface area (Å²) in [6, 6.07) is 10.3. The molecule has 2 aromatic carbocycles. The molecule has 8 nitrogen and oxygen atoms in total. The van der Waals surface area contributed by atoms with Crippen molar-refractivity contribution in [2.24, 2.45) is 0 Å². The SMILES string of the molecule is CC(=O)Nc1ccc(NC(=O)[C@H](C)Oc2ccc([N+](=O)[O-])cc2Cl)cc1. The van der Waals surface area contributed by atoms with Crippen LogP contribution in [0.25, 0.3) is 0 Å². The molecule has 2 aromatic rings. The highest BCUT2D eigenvalue weighted by atomic mass is 35.5. The van der Waals surface area contributed by atoms with E-state index in [1.54, 1.807) is 24.3 Å². The summed E-state index contributed by atoms with van der Waals surface area (Å²) in [7, 11) is 0. The molecule has 2 rings (SSSR count). The second-order valence-electron chi connectivity index (χ2n) is 5.38. The number of rotatable bonds is 6. The maximum atomic E-state index is 12.2. The summed E-state index contributed by atoms with van der Waals surface area (Å²) in [5.41, 5.74) is 0.963. The lowest BCUT2D eigenvalue weighted by atomic mass is 10.2. The first-order valence-electron chi connectivity index (χ1n) is 7.55. The topological polar surface area (TPSA) is 111 Å². The number of halogens is 1. The van der Waals surface area contributed by atoms with E-state index in [2.05, 4.69) is 10.6 Å². The number of carbonyl (C=O) groups is 2. The second kappa shape index (κ2) is 8.30. The number of nitrogens with zero attached hydrogens (tertiary/aromatic N) is 1. The summed E-state index contributed by atoms with van der Waals surface area (Å²) in [4.78, 5) is 33.3. The van der Waals surface area contributed by atoms with E-state index in [0.29, 0.717) is 11.4 Å². The molecule has 0 spiro atoms. The third-order valence-corrected chi connectivity index (χ3v) is 3.57. The highest BCUT2D eigenvalue weighted by Gasteiger charge is 2.18. The van der Waals surface area contributed by atoms with E-state index < -0.39 is 16.9 Å². The summed E-state index contributed by atoms with van der Waals surface area (Å²) >= 11 is 5.95. The normalized spacial score (nSPS) is 11.3. The first-order chi connectivity index (χ1) is 12.3. The lowest BCUT2D eigenvalue weighted by Crippen LogP contribution is -2.30. The molecule has 9 heteroatoms. The maximum Gasteiger partial charge on any atom is 0.271 e. The highest BCUT2D eigenvalue weighted by Crippen LogP contribution is 2.29. The van der Waals surface area contributed by atoms with Crippen molar-refractivity contribution in [3.8, 4) is 5.75 Å². The molecule has 0 fully saturated rings. The van der Waals surface area contributed by atoms with Gasteiger partial charge in [0, 0.05) is 30.4 Å². The predicted molar refractivity (Wildman–Crippen MR) is 97.6 cm³/mol. The van der Waals surface area contributed by atoms with Gasteiger partial charge in [0.05, 0.1) is 9.95 Å². The molecule has 0 aromatic heterocycles. The van der Waals surface area contributed by atoms with Crippen molar-refractivity contribution in [2.45, 2.75) is 20.0 Å². The van der Waals surface area contributed by atoms with Gasteiger partial charge in [-0.05, 0) is 37.3 Å². The predicted octanol–water partition coefficient (Wildman–Crippen LogP) is 3.61. The van der Waals surface area contributed by atoms with Gasteiger partial charge in [0.2, 0.25) is 5.91 Å². The summed E-state index contributed by atoms with van der Waals surface area (Å²) < 4.78 is 5.47. The van der Waals surface area contributed by atoms with Crippen LogP contribution in [0.4, 0.5) is 17.1 Å². The van der Waals surface area contributed by atoms with Crippen molar-refractivity contribution in [1.29, 1.82) is 0 Å². The van der Waals surface area contributed by atoms with Crippen molar-refractivity contribution in [3.63, 3.8) is 0 Å². The molecule has 2 N–H and O–H groups in total. The molecule has 0 unspecified atom stereocenters. The summed E-state index contributed by atoms with van der Waals surface area (Å²) in [6.07, 6.45) is -0.885. The Morgan fingerprint density at radius 1 is 1.12 bits per heavy atom. The zero-order valence-electron chi connectivity index (χ0n) is 14.0. The van der Waals surface area contributed by atoms with E-state index in [9.17, 15) is 19.7 Å². The van der Waals surface area contributed by atoms with E-state index in [0.717, 1.165) is 6.07 Å². The van der Waals surface area contributed by atoms with Crippen molar-refractivity contribution >= 4 is 40.5 Å². The Balaban J connectivity index is 1.99. The van der Waals surface area contributed by atoms with Crippen molar-refractivity contribution in [3.05, 3.63) is 57.6 Å². The number of non-ortho nitro benzene ring substituents is 1. The van der Waals surface area contributed by atoms with E-state index in [4.69, 9.17) is 16.3 Å². The second-order valence-corrected chi connectivity index (χ2v) is 5.79. The van der Waals surface area contributed by atoms with Crippen LogP contribution in [-0.4, -0.2) is 22.8 Å². The van der Waals surface area contributed by atoms with Gasteiger partial charge in [-0.25, -0.2) is 0 Å². The number of hydrogen-bond acceptors (Lipinski definition) is 5. The van der Waals surface area contributed by atoms with Crippen LogP contribution in [0.15, 0.2) is 42.5 Å². The number of nitro benzene ring substituents is 1. The molecule has 136 valence electrons. The minimum atomic E-state index is -0.885. The smallest absolute Gasteiger partial charge is 0.271 e. The van der Waals surface area contributed by atoms with Crippen molar-refractivity contribution in [2.75, 3.05) is 10.6 Å². The molecule has 0 radical (unpaired) electrons. The Kier molecular flexibility index (Phi) is 6.13. The van der Waals surface area contributed by atoms with Gasteiger partial charge in [0.25, 0.3) is 11.6 Å². The fourth-order valence-electron chi connectivity index (χ4n) is 2.03. The van der Waals surface area contributed by atoms with E-state index >= 15 is 0 Å². The number of carbonyl (C=O) groups excluding carboxylic acids is 2. The number of ether oxygens (including phenoxy) is 1. The van der Waals surface area contributed by atoms with Crippen molar-refractivity contribution in [1.82, 2.24) is 0 Å². The third kappa shape index (κ3) is 5.18. The van der Waals surface area contributed by atoms with Crippen LogP contribution in [0.2, 0.25) is 5.02 Å². The molecule has 0 saturated heterocycles. The van der Waals surface area contributed by atoms with Gasteiger partial charge >= 0.3 is 0 Å². The lowest BCUT2D eigenvalue weighted by Gasteiger charge is -2.15. The van der Waals surface area contributed by atoms with Gasteiger partial charge in [-0.2, -0.15) is 0 Å². The average Bonchev–Trinajstić information content (AvgIpc) is 2.57. The number of nitro groups is 1. The van der Waals surface area contributed by atoms with Crippen LogP contribution in [0, 0.1) is 10.1 Å². The van der Waals surface area contributed by atoms with E-state index in [-0.39, 0.29) is 22.4 Å². The van der Waals surface area contributed by atoms with Gasteiger partial charge in [-0.15, -0.1) is 0 Å². The molecular formula is C17H16ClN3O5.